The first-order valence-corrected chi connectivity index (χ1v) is 12.9. The van der Waals surface area contributed by atoms with Crippen molar-refractivity contribution in [3.63, 3.8) is 0 Å². The van der Waals surface area contributed by atoms with E-state index in [0.717, 1.165) is 22.6 Å². The fourth-order valence-corrected chi connectivity index (χ4v) is 5.86. The van der Waals surface area contributed by atoms with E-state index in [4.69, 9.17) is 4.98 Å². The Morgan fingerprint density at radius 3 is 2.00 bits per heavy atom. The molecule has 0 fully saturated rings. The summed E-state index contributed by atoms with van der Waals surface area (Å²) in [5, 5.41) is 6.19. The molecule has 0 N–H and O–H groups in total. The molecule has 0 saturated heterocycles. The quantitative estimate of drug-likeness (QED) is 0.245. The van der Waals surface area contributed by atoms with Crippen LogP contribution in [0.15, 0.2) is 140 Å². The highest BCUT2D eigenvalue weighted by Crippen LogP contribution is 2.39. The zero-order chi connectivity index (χ0) is 25.1. The Hall–Kier alpha value is -5.15. The summed E-state index contributed by atoms with van der Waals surface area (Å²) in [4.78, 5) is 5.16. The van der Waals surface area contributed by atoms with Crippen LogP contribution >= 0.6 is 0 Å². The molecule has 8 rings (SSSR count). The highest BCUT2D eigenvalue weighted by Gasteiger charge is 2.17. The second-order valence-corrected chi connectivity index (χ2v) is 9.68. The summed E-state index contributed by atoms with van der Waals surface area (Å²) in [6.07, 6.45) is 2.17. The van der Waals surface area contributed by atoms with E-state index in [-0.39, 0.29) is 0 Å². The van der Waals surface area contributed by atoms with Crippen LogP contribution in [0.5, 0.6) is 0 Å². The predicted octanol–water partition coefficient (Wildman–Crippen LogP) is 8.94. The van der Waals surface area contributed by atoms with Gasteiger partial charge in [-0.1, -0.05) is 91.0 Å². The normalized spacial score (nSPS) is 11.7. The number of rotatable bonds is 3. The minimum Gasteiger partial charge on any atom is -0.317 e. The van der Waals surface area contributed by atoms with Gasteiger partial charge < -0.3 is 4.57 Å². The largest absolute Gasteiger partial charge is 0.317 e. The Morgan fingerprint density at radius 1 is 0.447 bits per heavy atom. The average molecular weight is 486 g/mol. The zero-order valence-corrected chi connectivity index (χ0v) is 20.6. The summed E-state index contributed by atoms with van der Waals surface area (Å²) in [5.74, 6) is 0.923. The van der Waals surface area contributed by atoms with Gasteiger partial charge in [0.05, 0.1) is 22.2 Å². The molecule has 0 atom stereocenters. The smallest absolute Gasteiger partial charge is 0.138 e. The number of para-hydroxylation sites is 2. The van der Waals surface area contributed by atoms with Crippen molar-refractivity contribution in [3.05, 3.63) is 140 Å². The zero-order valence-electron chi connectivity index (χ0n) is 20.6. The summed E-state index contributed by atoms with van der Waals surface area (Å²) in [5.41, 5.74) is 6.81. The Balaban J connectivity index is 1.45. The lowest BCUT2D eigenvalue weighted by Gasteiger charge is -2.12. The maximum atomic E-state index is 5.16. The topological polar surface area (TPSA) is 22.8 Å². The highest BCUT2D eigenvalue weighted by atomic mass is 15.1. The van der Waals surface area contributed by atoms with Gasteiger partial charge in [-0.2, -0.15) is 0 Å². The van der Waals surface area contributed by atoms with Gasteiger partial charge in [-0.15, -0.1) is 0 Å². The summed E-state index contributed by atoms with van der Waals surface area (Å²) in [6.45, 7) is 0. The van der Waals surface area contributed by atoms with Crippen molar-refractivity contribution in [1.29, 1.82) is 0 Å². The van der Waals surface area contributed by atoms with Crippen LogP contribution in [0.3, 0.4) is 0 Å². The first kappa shape index (κ1) is 21.0. The van der Waals surface area contributed by atoms with E-state index in [0.29, 0.717) is 0 Å². The van der Waals surface area contributed by atoms with Crippen LogP contribution in [0.25, 0.3) is 66.2 Å². The van der Waals surface area contributed by atoms with Crippen molar-refractivity contribution in [2.24, 2.45) is 0 Å². The molecule has 3 nitrogen and oxygen atoms in total. The summed E-state index contributed by atoms with van der Waals surface area (Å²) >= 11 is 0. The van der Waals surface area contributed by atoms with Gasteiger partial charge in [0.2, 0.25) is 0 Å². The number of fused-ring (bicyclic) bond motifs is 7. The highest BCUT2D eigenvalue weighted by molar-refractivity contribution is 6.22. The van der Waals surface area contributed by atoms with Crippen LogP contribution in [0.2, 0.25) is 0 Å². The van der Waals surface area contributed by atoms with Gasteiger partial charge in [-0.3, -0.25) is 4.57 Å². The maximum Gasteiger partial charge on any atom is 0.138 e. The number of aromatic nitrogens is 3. The van der Waals surface area contributed by atoms with Crippen LogP contribution in [0.4, 0.5) is 0 Å². The Morgan fingerprint density at radius 2 is 1.13 bits per heavy atom. The molecule has 38 heavy (non-hydrogen) atoms. The van der Waals surface area contributed by atoms with E-state index in [1.165, 1.54) is 43.7 Å². The second kappa shape index (κ2) is 8.19. The molecule has 8 aromatic rings. The van der Waals surface area contributed by atoms with E-state index in [1.54, 1.807) is 0 Å². The van der Waals surface area contributed by atoms with E-state index in [9.17, 15) is 0 Å². The third kappa shape index (κ3) is 3.06. The average Bonchev–Trinajstić information content (AvgIpc) is 3.58. The number of benzene rings is 5. The lowest BCUT2D eigenvalue weighted by Crippen LogP contribution is -1.99. The van der Waals surface area contributed by atoms with Crippen molar-refractivity contribution < 1.29 is 0 Å². The minimum atomic E-state index is 0.923. The van der Waals surface area contributed by atoms with Gasteiger partial charge in [-0.25, -0.2) is 4.98 Å². The minimum absolute atomic E-state index is 0.923. The fraction of sp³-hybridized carbons (Fsp3) is 0. The molecule has 3 aromatic heterocycles. The second-order valence-electron chi connectivity index (χ2n) is 9.68. The van der Waals surface area contributed by atoms with E-state index >= 15 is 0 Å². The van der Waals surface area contributed by atoms with Crippen molar-refractivity contribution in [1.82, 2.24) is 14.1 Å². The summed E-state index contributed by atoms with van der Waals surface area (Å²) < 4.78 is 4.60. The summed E-state index contributed by atoms with van der Waals surface area (Å²) in [7, 11) is 0. The molecule has 0 amide bonds. The van der Waals surface area contributed by atoms with Gasteiger partial charge in [-0.05, 0) is 47.9 Å². The molecule has 3 heterocycles. The van der Waals surface area contributed by atoms with Crippen LogP contribution in [0, 0.1) is 0 Å². The van der Waals surface area contributed by atoms with Crippen molar-refractivity contribution in [2.75, 3.05) is 0 Å². The maximum absolute atomic E-state index is 5.16. The molecule has 3 heteroatoms. The Labute approximate surface area is 219 Å². The van der Waals surface area contributed by atoms with E-state index in [1.807, 2.05) is 6.07 Å². The molecule has 0 saturated carbocycles. The van der Waals surface area contributed by atoms with Gasteiger partial charge >= 0.3 is 0 Å². The van der Waals surface area contributed by atoms with Gasteiger partial charge in [0.25, 0.3) is 0 Å². The molecule has 0 radical (unpaired) electrons. The molecule has 0 aliphatic rings. The summed E-state index contributed by atoms with van der Waals surface area (Å²) in [6, 6.07) is 47.2. The standard InChI is InChI=1S/C35H23N3/c1-3-10-24(11-4-1)31-15-9-17-34(36-31)38-33-16-8-7-14-27(33)30-19-18-26-28-22-23-37(25-12-5-2-6-13-25)32(28)21-20-29(26)35(30)38/h1-23H. The molecular weight excluding hydrogens is 462 g/mol. The molecular formula is C35H23N3. The van der Waals surface area contributed by atoms with Gasteiger partial charge in [0, 0.05) is 39.0 Å². The van der Waals surface area contributed by atoms with Crippen LogP contribution in [-0.4, -0.2) is 14.1 Å². The molecule has 0 spiro atoms. The first-order chi connectivity index (χ1) is 18.9. The molecule has 0 bridgehead atoms. The lowest BCUT2D eigenvalue weighted by molar-refractivity contribution is 1.09. The van der Waals surface area contributed by atoms with Crippen molar-refractivity contribution >= 4 is 43.5 Å². The number of hydrogen-bond acceptors (Lipinski definition) is 1. The van der Waals surface area contributed by atoms with Gasteiger partial charge in [0.15, 0.2) is 0 Å². The third-order valence-corrected chi connectivity index (χ3v) is 7.57. The Bertz CT molecular complexity index is 2120. The lowest BCUT2D eigenvalue weighted by atomic mass is 10.0. The monoisotopic (exact) mass is 485 g/mol. The van der Waals surface area contributed by atoms with Crippen LogP contribution in [0.1, 0.15) is 0 Å². The molecule has 0 aliphatic carbocycles. The predicted molar refractivity (Wildman–Crippen MR) is 158 cm³/mol. The third-order valence-electron chi connectivity index (χ3n) is 7.57. The molecule has 0 unspecified atom stereocenters. The number of hydrogen-bond donors (Lipinski definition) is 0. The van der Waals surface area contributed by atoms with Crippen molar-refractivity contribution in [2.45, 2.75) is 0 Å². The number of nitrogens with zero attached hydrogens (tertiary/aromatic N) is 3. The molecule has 178 valence electrons. The SMILES string of the molecule is c1ccc(-c2cccc(-n3c4ccccc4c4ccc5c6ccn(-c7ccccc7)c6ccc5c43)n2)cc1. The Kier molecular flexibility index (Phi) is 4.52. The van der Waals surface area contributed by atoms with Gasteiger partial charge in [0.1, 0.15) is 5.82 Å². The fourth-order valence-electron chi connectivity index (χ4n) is 5.86. The van der Waals surface area contributed by atoms with Crippen molar-refractivity contribution in [3.8, 4) is 22.8 Å². The van der Waals surface area contributed by atoms with Crippen LogP contribution in [-0.2, 0) is 0 Å². The van der Waals surface area contributed by atoms with Crippen LogP contribution < -0.4 is 0 Å². The number of pyridine rings is 1. The van der Waals surface area contributed by atoms with E-state index < -0.39 is 0 Å². The molecule has 0 aliphatic heterocycles. The first-order valence-electron chi connectivity index (χ1n) is 12.9. The molecule has 5 aromatic carbocycles. The van der Waals surface area contributed by atoms with E-state index in [2.05, 4.69) is 143 Å².